The van der Waals surface area contributed by atoms with E-state index in [0.717, 1.165) is 0 Å². The number of carbonyl (C=O) groups is 3. The van der Waals surface area contributed by atoms with Crippen LogP contribution in [0.3, 0.4) is 0 Å². The second kappa shape index (κ2) is 36.0. The summed E-state index contributed by atoms with van der Waals surface area (Å²) in [4.78, 5) is 25.0. The van der Waals surface area contributed by atoms with Crippen molar-refractivity contribution in [3.63, 3.8) is 0 Å². The number of hydrogen-bond acceptors (Lipinski definition) is 9. The zero-order valence-corrected chi connectivity index (χ0v) is 13.7. The minimum Gasteiger partial charge on any atom is -0.652 e. The predicted molar refractivity (Wildman–Crippen MR) is 16.2 cm³/mol. The zero-order chi connectivity index (χ0) is 10.7. The Morgan fingerprint density at radius 1 is 0.500 bits per heavy atom. The molecule has 92 valence electrons. The molecule has 0 bridgehead atoms. The number of carboxylic acid groups (broad SMARTS) is 6. The summed E-state index contributed by atoms with van der Waals surface area (Å²) in [6.45, 7) is 0. The van der Waals surface area contributed by atoms with Gasteiger partial charge in [-0.3, -0.25) is 0 Å². The molecule has 0 rings (SSSR count). The van der Waals surface area contributed by atoms with E-state index in [4.69, 9.17) is 45.0 Å². The quantitative estimate of drug-likeness (QED) is 0.302. The number of carbonyl (C=O) groups excluding carboxylic acids is 3. The second-order valence-electron chi connectivity index (χ2n) is 0.750. The molecule has 0 saturated heterocycles. The van der Waals surface area contributed by atoms with Crippen molar-refractivity contribution < 1.29 is 138 Å². The fourth-order valence-corrected chi connectivity index (χ4v) is 0. The summed E-state index contributed by atoms with van der Waals surface area (Å²) in [7, 11) is 0. The van der Waals surface area contributed by atoms with Crippen LogP contribution >= 0.6 is 0 Å². The molecule has 0 aromatic heterocycles. The SMILES string of the molecule is O=C([O-])[O-].O=C([O-])[O-].O=C([O-])[O-].[Pd].[Pd].[Sc+3].[Sc+3]. The van der Waals surface area contributed by atoms with Gasteiger partial charge in [-0.25, -0.2) is 0 Å². The van der Waals surface area contributed by atoms with E-state index in [9.17, 15) is 0 Å². The molecule has 0 aliphatic carbocycles. The molecule has 0 aliphatic rings. The van der Waals surface area contributed by atoms with Crippen LogP contribution in [-0.2, 0) is 92.5 Å². The molecule has 0 aromatic rings. The summed E-state index contributed by atoms with van der Waals surface area (Å²) in [5.41, 5.74) is 0. The van der Waals surface area contributed by atoms with Gasteiger partial charge in [0.15, 0.2) is 0 Å². The van der Waals surface area contributed by atoms with Gasteiger partial charge in [0.05, 0.1) is 0 Å². The molecule has 0 unspecified atom stereocenters. The van der Waals surface area contributed by atoms with E-state index in [0.29, 0.717) is 0 Å². The van der Waals surface area contributed by atoms with Gasteiger partial charge in [-0.15, -0.1) is 0 Å². The third-order valence-corrected chi connectivity index (χ3v) is 0. The topological polar surface area (TPSA) is 190 Å². The van der Waals surface area contributed by atoms with Gasteiger partial charge in [0.1, 0.15) is 0 Å². The maximum Gasteiger partial charge on any atom is 3.00 e. The van der Waals surface area contributed by atoms with Crippen molar-refractivity contribution in [2.75, 3.05) is 0 Å². The first-order chi connectivity index (χ1) is 5.20. The van der Waals surface area contributed by atoms with Crippen LogP contribution in [0.5, 0.6) is 0 Å². The Kier molecular flexibility index (Phi) is 98.2. The van der Waals surface area contributed by atoms with Crippen LogP contribution in [0.15, 0.2) is 0 Å². The molecule has 0 radical (unpaired) electrons. The van der Waals surface area contributed by atoms with Crippen molar-refractivity contribution >= 4 is 18.5 Å². The third kappa shape index (κ3) is 3740. The van der Waals surface area contributed by atoms with Crippen LogP contribution in [0.2, 0.25) is 0 Å². The molecule has 0 heterocycles. The summed E-state index contributed by atoms with van der Waals surface area (Å²) in [6.07, 6.45) is -7.00. The summed E-state index contributed by atoms with van der Waals surface area (Å²) in [5.74, 6) is 0. The molecule has 0 spiro atoms. The Morgan fingerprint density at radius 3 is 0.500 bits per heavy atom. The molecule has 0 aromatic carbocycles. The Bertz CT molecular complexity index is 124. The molecule has 0 atom stereocenters. The monoisotopic (exact) mass is 482 g/mol. The Morgan fingerprint density at radius 2 is 0.500 bits per heavy atom. The van der Waals surface area contributed by atoms with Gasteiger partial charge in [-0.2, -0.15) is 0 Å². The first-order valence-electron chi connectivity index (χ1n) is 1.84. The van der Waals surface area contributed by atoms with Crippen LogP contribution < -0.4 is 30.6 Å². The molecule has 0 saturated carbocycles. The van der Waals surface area contributed by atoms with E-state index in [-0.39, 0.29) is 92.5 Å². The summed E-state index contributed by atoms with van der Waals surface area (Å²) in [5, 5.41) is 50.0. The molecule has 0 N–H and O–H groups in total. The van der Waals surface area contributed by atoms with Crippen molar-refractivity contribution in [1.29, 1.82) is 0 Å². The Balaban J connectivity index is -0.0000000135. The standard InChI is InChI=1S/3CH2O3.2Pd.2Sc/c3*2-1(3)4;;;;/h3*(H2,2,3,4);;;;/q;;;;;2*+3/p-6. The predicted octanol–water partition coefficient (Wildman–Crippen LogP) is -7.35. The maximum atomic E-state index is 8.33. The van der Waals surface area contributed by atoms with Crippen LogP contribution in [0, 0.1) is 0 Å². The number of rotatable bonds is 0. The van der Waals surface area contributed by atoms with Gasteiger partial charge in [0.25, 0.3) is 0 Å². The first kappa shape index (κ1) is 43.6. The average molecular weight is 483 g/mol. The van der Waals surface area contributed by atoms with Gasteiger partial charge in [0.2, 0.25) is 0 Å². The van der Waals surface area contributed by atoms with Crippen molar-refractivity contribution in [2.45, 2.75) is 0 Å². The third-order valence-electron chi connectivity index (χ3n) is 0. The normalized spacial score (nSPS) is 4.50. The average Bonchev–Trinajstić information content (AvgIpc) is 1.54. The van der Waals surface area contributed by atoms with Crippen molar-refractivity contribution in [3.05, 3.63) is 0 Å². The van der Waals surface area contributed by atoms with E-state index >= 15 is 0 Å². The van der Waals surface area contributed by atoms with Gasteiger partial charge in [0, 0.05) is 40.8 Å². The molecule has 9 nitrogen and oxygen atoms in total. The Hall–Kier alpha value is 0.875. The fourth-order valence-electron chi connectivity index (χ4n) is 0. The summed E-state index contributed by atoms with van der Waals surface area (Å²) < 4.78 is 0. The summed E-state index contributed by atoms with van der Waals surface area (Å²) >= 11 is 0. The molecule has 16 heavy (non-hydrogen) atoms. The second-order valence-corrected chi connectivity index (χ2v) is 0.750. The van der Waals surface area contributed by atoms with Gasteiger partial charge >= 0.3 is 51.7 Å². The van der Waals surface area contributed by atoms with Crippen LogP contribution in [0.1, 0.15) is 0 Å². The summed E-state index contributed by atoms with van der Waals surface area (Å²) in [6, 6.07) is 0. The molecular weight excluding hydrogens is 483 g/mol. The van der Waals surface area contributed by atoms with Crippen LogP contribution in [0.4, 0.5) is 14.4 Å². The van der Waals surface area contributed by atoms with E-state index < -0.39 is 18.5 Å². The molecule has 0 aliphatic heterocycles. The van der Waals surface area contributed by atoms with Crippen molar-refractivity contribution in [3.8, 4) is 0 Å². The van der Waals surface area contributed by atoms with Crippen molar-refractivity contribution in [1.82, 2.24) is 0 Å². The molecular formula is C3O9Pd2Sc2. The van der Waals surface area contributed by atoms with E-state index in [1.165, 1.54) is 0 Å². The number of hydrogen-bond donors (Lipinski definition) is 0. The Labute approximate surface area is 154 Å². The maximum absolute atomic E-state index is 8.33. The fraction of sp³-hybridized carbons (Fsp3) is 0. The molecule has 0 fully saturated rings. The largest absolute Gasteiger partial charge is 3.00 e. The van der Waals surface area contributed by atoms with Gasteiger partial charge < -0.3 is 45.0 Å². The molecule has 13 heteroatoms. The van der Waals surface area contributed by atoms with Crippen molar-refractivity contribution in [2.24, 2.45) is 0 Å². The minimum atomic E-state index is -2.33. The first-order valence-corrected chi connectivity index (χ1v) is 1.84. The van der Waals surface area contributed by atoms with Gasteiger partial charge in [-0.1, -0.05) is 0 Å². The van der Waals surface area contributed by atoms with Crippen LogP contribution in [0.25, 0.3) is 0 Å². The van der Waals surface area contributed by atoms with E-state index in [1.807, 2.05) is 0 Å². The molecule has 0 amide bonds. The van der Waals surface area contributed by atoms with Crippen LogP contribution in [-0.4, -0.2) is 18.5 Å². The van der Waals surface area contributed by atoms with E-state index in [1.54, 1.807) is 0 Å². The zero-order valence-electron chi connectivity index (χ0n) is 6.96. The minimum absolute atomic E-state index is 0. The smallest absolute Gasteiger partial charge is 0.652 e. The van der Waals surface area contributed by atoms with E-state index in [2.05, 4.69) is 0 Å². The van der Waals surface area contributed by atoms with Gasteiger partial charge in [-0.05, 0) is 18.5 Å².